The van der Waals surface area contributed by atoms with Gasteiger partial charge in [0.05, 0.1) is 0 Å². The monoisotopic (exact) mass is 612 g/mol. The maximum Gasteiger partial charge on any atom is -0.0771 e. The van der Waals surface area contributed by atoms with E-state index in [-0.39, 0.29) is 24.8 Å². The van der Waals surface area contributed by atoms with Crippen LogP contribution in [0.25, 0.3) is 21.5 Å². The molecule has 0 amide bonds. The van der Waals surface area contributed by atoms with Crippen molar-refractivity contribution in [2.45, 2.75) is 27.7 Å². The maximum atomic E-state index is 3.36. The van der Waals surface area contributed by atoms with Crippen molar-refractivity contribution in [3.8, 4) is 0 Å². The summed E-state index contributed by atoms with van der Waals surface area (Å²) in [5.74, 6) is 0.560. The van der Waals surface area contributed by atoms with Crippen LogP contribution in [0.4, 0.5) is 0 Å². The Morgan fingerprint density at radius 1 is 0.632 bits per heavy atom. The Bertz CT molecular complexity index is 1430. The molecule has 0 nitrogen and oxygen atoms in total. The van der Waals surface area contributed by atoms with E-state index in [1.807, 2.05) is 0 Å². The molecule has 0 saturated heterocycles. The first-order valence-corrected chi connectivity index (χ1v) is 13.7. The number of benzene rings is 4. The summed E-state index contributed by atoms with van der Waals surface area (Å²) in [5, 5.41) is 5.39. The molecule has 6 rings (SSSR count). The van der Waals surface area contributed by atoms with Crippen molar-refractivity contribution < 1.29 is 49.0 Å². The summed E-state index contributed by atoms with van der Waals surface area (Å²) in [4.78, 5) is 0. The number of hydrogen-bond donors (Lipinski definition) is 0. The van der Waals surface area contributed by atoms with Gasteiger partial charge >= 0.3 is 99.2 Å². The van der Waals surface area contributed by atoms with Crippen molar-refractivity contribution in [1.29, 1.82) is 0 Å². The van der Waals surface area contributed by atoms with E-state index in [1.54, 1.807) is 0 Å². The zero-order valence-corrected chi connectivity index (χ0v) is 26.3. The van der Waals surface area contributed by atoms with Gasteiger partial charge in [-0.05, 0) is 0 Å². The fourth-order valence-corrected chi connectivity index (χ4v) is 5.26. The van der Waals surface area contributed by atoms with Gasteiger partial charge in [0.1, 0.15) is 0 Å². The predicted octanol–water partition coefficient (Wildman–Crippen LogP) is 3.24. The molecule has 0 spiro atoms. The summed E-state index contributed by atoms with van der Waals surface area (Å²) < 4.78 is 1.42. The van der Waals surface area contributed by atoms with Gasteiger partial charge in [-0.3, -0.25) is 6.08 Å². The van der Waals surface area contributed by atoms with Gasteiger partial charge < -0.3 is 24.8 Å². The molecule has 3 heteroatoms. The van der Waals surface area contributed by atoms with Crippen molar-refractivity contribution >= 4 is 24.8 Å². The van der Waals surface area contributed by atoms with Gasteiger partial charge in [-0.25, -0.2) is 5.57 Å². The molecule has 5 aromatic rings. The van der Waals surface area contributed by atoms with Gasteiger partial charge in [0.25, 0.3) is 0 Å². The van der Waals surface area contributed by atoms with Crippen molar-refractivity contribution in [2.75, 3.05) is 0 Å². The zero-order valence-electron chi connectivity index (χ0n) is 22.3. The number of allylic oxidation sites excluding steroid dienone is 4. The van der Waals surface area contributed by atoms with Crippen LogP contribution in [0.5, 0.6) is 0 Å². The summed E-state index contributed by atoms with van der Waals surface area (Å²) in [6.45, 7) is 8.67. The first-order valence-electron chi connectivity index (χ1n) is 12.5. The molecule has 0 heterocycles. The minimum Gasteiger partial charge on any atom is -0.126 e. The molecule has 0 radical (unpaired) electrons. The number of hydrogen-bond acceptors (Lipinski definition) is 0. The first kappa shape index (κ1) is 31.8. The quantitative estimate of drug-likeness (QED) is 0.268. The molecule has 38 heavy (non-hydrogen) atoms. The van der Waals surface area contributed by atoms with Crippen LogP contribution in [-0.2, 0) is 24.2 Å². The molecule has 1 aliphatic carbocycles. The molecule has 192 valence electrons. The molecular weight excluding hydrogens is 583 g/mol. The second kappa shape index (κ2) is 15.2. The van der Waals surface area contributed by atoms with Gasteiger partial charge in [0.15, 0.2) is 0 Å². The van der Waals surface area contributed by atoms with Gasteiger partial charge in [0.2, 0.25) is 0 Å². The SMILES string of the molecule is CC1=[C-]C(C)C(C)=C1C.[Cl-].[Cl-].[Zr+2]=[C](c1ccccc1)c1ccccc1.c1ccc2c(c1)[cH-]c1ccccc12. The molecule has 1 atom stereocenters. The predicted molar refractivity (Wildman–Crippen MR) is 153 cm³/mol. The molecule has 1 aliphatic rings. The van der Waals surface area contributed by atoms with E-state index in [0.717, 1.165) is 0 Å². The average Bonchev–Trinajstić information content (AvgIpc) is 3.42. The fourth-order valence-electron chi connectivity index (χ4n) is 4.44. The Labute approximate surface area is 255 Å². The summed E-state index contributed by atoms with van der Waals surface area (Å²) in [6, 6.07) is 40.4. The van der Waals surface area contributed by atoms with Crippen LogP contribution < -0.4 is 24.8 Å². The van der Waals surface area contributed by atoms with E-state index in [4.69, 9.17) is 0 Å². The summed E-state index contributed by atoms with van der Waals surface area (Å²) in [7, 11) is 0. The third-order valence-corrected chi connectivity index (χ3v) is 8.30. The first-order chi connectivity index (χ1) is 17.5. The number of halogens is 2. The van der Waals surface area contributed by atoms with E-state index in [0.29, 0.717) is 5.92 Å². The molecule has 1 unspecified atom stereocenters. The van der Waals surface area contributed by atoms with Crippen molar-refractivity contribution in [3.05, 3.63) is 149 Å². The molecule has 0 saturated carbocycles. The third-order valence-electron chi connectivity index (χ3n) is 6.88. The third kappa shape index (κ3) is 7.80. The van der Waals surface area contributed by atoms with Gasteiger partial charge in [0, 0.05) is 0 Å². The van der Waals surface area contributed by atoms with Crippen LogP contribution in [0, 0.1) is 12.0 Å². The second-order valence-corrected chi connectivity index (χ2v) is 10.5. The Hall–Kier alpha value is -2.44. The summed E-state index contributed by atoms with van der Waals surface area (Å²) in [6.07, 6.45) is 3.36. The van der Waals surface area contributed by atoms with Crippen molar-refractivity contribution in [3.63, 3.8) is 0 Å². The van der Waals surface area contributed by atoms with E-state index in [1.165, 1.54) is 76.8 Å². The van der Waals surface area contributed by atoms with Gasteiger partial charge in [-0.15, -0.1) is 46.7 Å². The van der Waals surface area contributed by atoms with E-state index in [2.05, 4.69) is 149 Å². The summed E-state index contributed by atoms with van der Waals surface area (Å²) in [5.41, 5.74) is 6.91. The van der Waals surface area contributed by atoms with Crippen LogP contribution in [-0.4, -0.2) is 3.21 Å². The maximum absolute atomic E-state index is 3.36. The smallest absolute Gasteiger partial charge is 0.0771 e. The topological polar surface area (TPSA) is 0 Å². The largest absolute Gasteiger partial charge is 0.126 e. The Morgan fingerprint density at radius 2 is 1.03 bits per heavy atom. The molecule has 0 bridgehead atoms. The van der Waals surface area contributed by atoms with Crippen molar-refractivity contribution in [1.82, 2.24) is 0 Å². The van der Waals surface area contributed by atoms with Crippen molar-refractivity contribution in [2.24, 2.45) is 5.92 Å². The molecule has 0 N–H and O–H groups in total. The van der Waals surface area contributed by atoms with Crippen LogP contribution >= 0.6 is 0 Å². The molecule has 0 aliphatic heterocycles. The molecule has 0 fully saturated rings. The Kier molecular flexibility index (Phi) is 12.7. The second-order valence-electron chi connectivity index (χ2n) is 9.22. The minimum absolute atomic E-state index is 0. The zero-order chi connectivity index (χ0) is 25.5. The standard InChI is InChI=1S/C13H9.C13H10.C9H13.2ClH.Zr/c1-3-7-12-10(5-1)9-11-6-2-4-8-13(11)12;1-3-7-12(8-4-1)11-13-9-5-2-6-10-13;1-6-5-7(2)9(4)8(6)3;;;/h1-9H;1-10H;6H,1-4H3;2*1H;/q-1;;-1;;;+2/p-2. The average molecular weight is 615 g/mol. The molecule has 5 aromatic carbocycles. The number of fused-ring (bicyclic) bond motifs is 3. The fraction of sp³-hybridized carbons (Fsp3) is 0.143. The van der Waals surface area contributed by atoms with Crippen LogP contribution in [0.15, 0.2) is 132 Å². The molecular formula is C35H32Cl2Zr-2. The normalized spacial score (nSPS) is 13.8. The van der Waals surface area contributed by atoms with E-state index >= 15 is 0 Å². The van der Waals surface area contributed by atoms with Crippen LogP contribution in [0.1, 0.15) is 38.8 Å². The van der Waals surface area contributed by atoms with E-state index < -0.39 is 0 Å². The van der Waals surface area contributed by atoms with E-state index in [9.17, 15) is 0 Å². The number of rotatable bonds is 2. The summed E-state index contributed by atoms with van der Waals surface area (Å²) >= 11 is 1.46. The van der Waals surface area contributed by atoms with Gasteiger partial charge in [-0.1, -0.05) is 63.1 Å². The van der Waals surface area contributed by atoms with Gasteiger partial charge in [-0.2, -0.15) is 11.1 Å². The van der Waals surface area contributed by atoms with Crippen LogP contribution in [0.2, 0.25) is 0 Å². The molecule has 0 aromatic heterocycles. The Morgan fingerprint density at radius 3 is 1.37 bits per heavy atom. The van der Waals surface area contributed by atoms with Crippen LogP contribution in [0.3, 0.4) is 0 Å². The Balaban J connectivity index is 0.000000200. The minimum atomic E-state index is 0.